The van der Waals surface area contributed by atoms with Crippen LogP contribution < -0.4 is 0 Å². The summed E-state index contributed by atoms with van der Waals surface area (Å²) in [5.74, 6) is -0.429. The maximum Gasteiger partial charge on any atom is 0.416 e. The number of fused-ring (bicyclic) bond motifs is 2. The highest BCUT2D eigenvalue weighted by Gasteiger charge is 2.31. The highest BCUT2D eigenvalue weighted by Crippen LogP contribution is 2.36. The summed E-state index contributed by atoms with van der Waals surface area (Å²) >= 11 is 1.11. The van der Waals surface area contributed by atoms with Gasteiger partial charge in [0.1, 0.15) is 10.8 Å². The molecule has 0 saturated carbocycles. The van der Waals surface area contributed by atoms with Gasteiger partial charge in [-0.25, -0.2) is 19.0 Å². The Bertz CT molecular complexity index is 1710. The van der Waals surface area contributed by atoms with E-state index in [2.05, 4.69) is 30.4 Å². The number of piperidine rings is 1. The number of halogens is 4. The molecule has 1 aliphatic rings. The number of tetrazole rings is 1. The van der Waals surface area contributed by atoms with E-state index in [4.69, 9.17) is 0 Å². The largest absolute Gasteiger partial charge is 0.416 e. The van der Waals surface area contributed by atoms with Crippen molar-refractivity contribution in [2.24, 2.45) is 0 Å². The van der Waals surface area contributed by atoms with Gasteiger partial charge in [-0.15, -0.1) is 5.10 Å². The molecule has 0 amide bonds. The number of hydrogen-bond acceptors (Lipinski definition) is 8. The minimum absolute atomic E-state index is 0.00927. The lowest BCUT2D eigenvalue weighted by Crippen LogP contribution is -2.32. The zero-order chi connectivity index (χ0) is 27.3. The van der Waals surface area contributed by atoms with Crippen LogP contribution in [0.1, 0.15) is 34.8 Å². The molecule has 4 heterocycles. The Kier molecular flexibility index (Phi) is 6.30. The zero-order valence-electron chi connectivity index (χ0n) is 20.4. The Labute approximate surface area is 222 Å². The van der Waals surface area contributed by atoms with E-state index in [9.17, 15) is 22.4 Å². The van der Waals surface area contributed by atoms with Gasteiger partial charge in [-0.3, -0.25) is 9.36 Å². The van der Waals surface area contributed by atoms with E-state index in [-0.39, 0.29) is 33.5 Å². The fourth-order valence-electron chi connectivity index (χ4n) is 4.73. The standard InChI is InChI=1S/C25H20F4N8OS/c1-35-8-6-17(7-9-35)37-24(32-33-34-37)39-23-22(30-20-10-15(25(27,28)29)2-5-19(20)31-23)36-12-14(13-38)18-4-3-16(26)11-21(18)36/h2-5,10-13,17H,6-9H2,1H3. The van der Waals surface area contributed by atoms with E-state index in [1.54, 1.807) is 4.68 Å². The fourth-order valence-corrected chi connectivity index (χ4v) is 5.64. The molecular weight excluding hydrogens is 536 g/mol. The second-order valence-corrected chi connectivity index (χ2v) is 10.3. The van der Waals surface area contributed by atoms with Crippen LogP contribution in [0.15, 0.2) is 52.8 Å². The highest BCUT2D eigenvalue weighted by molar-refractivity contribution is 7.99. The van der Waals surface area contributed by atoms with Crippen molar-refractivity contribution in [1.82, 2.24) is 39.6 Å². The minimum atomic E-state index is -4.58. The number of likely N-dealkylation sites (tertiary alicyclic amines) is 1. The molecule has 1 saturated heterocycles. The van der Waals surface area contributed by atoms with Crippen LogP contribution in [0.3, 0.4) is 0 Å². The number of carbonyl (C=O) groups excluding carboxylic acids is 1. The molecule has 6 rings (SSSR count). The first-order valence-electron chi connectivity index (χ1n) is 12.0. The third-order valence-electron chi connectivity index (χ3n) is 6.78. The topological polar surface area (TPSA) is 94.6 Å². The van der Waals surface area contributed by atoms with Crippen LogP contribution in [0.5, 0.6) is 0 Å². The number of nitrogens with zero attached hydrogens (tertiary/aromatic N) is 8. The molecule has 5 aromatic rings. The maximum absolute atomic E-state index is 14.3. The van der Waals surface area contributed by atoms with Crippen molar-refractivity contribution in [3.63, 3.8) is 0 Å². The quantitative estimate of drug-likeness (QED) is 0.222. The van der Waals surface area contributed by atoms with Crippen molar-refractivity contribution in [2.45, 2.75) is 35.2 Å². The van der Waals surface area contributed by atoms with E-state index in [1.165, 1.54) is 35.0 Å². The average molecular weight is 557 g/mol. The summed E-state index contributed by atoms with van der Waals surface area (Å²) in [4.78, 5) is 23.2. The van der Waals surface area contributed by atoms with Crippen molar-refractivity contribution >= 4 is 40.0 Å². The second-order valence-electron chi connectivity index (χ2n) is 9.33. The number of carbonyl (C=O) groups is 1. The van der Waals surface area contributed by atoms with E-state index >= 15 is 0 Å². The fraction of sp³-hybridized carbons (Fsp3) is 0.280. The van der Waals surface area contributed by atoms with Gasteiger partial charge in [-0.05, 0) is 91.6 Å². The molecule has 0 spiro atoms. The Morgan fingerprint density at radius 3 is 2.59 bits per heavy atom. The van der Waals surface area contributed by atoms with Gasteiger partial charge in [0.2, 0.25) is 5.16 Å². The van der Waals surface area contributed by atoms with Crippen LogP contribution in [-0.2, 0) is 6.18 Å². The van der Waals surface area contributed by atoms with Gasteiger partial charge < -0.3 is 4.90 Å². The summed E-state index contributed by atoms with van der Waals surface area (Å²) in [5, 5.41) is 13.4. The molecule has 2 aromatic carbocycles. The molecule has 3 aromatic heterocycles. The predicted octanol–water partition coefficient (Wildman–Crippen LogP) is 4.95. The Morgan fingerprint density at radius 1 is 1.05 bits per heavy atom. The van der Waals surface area contributed by atoms with Gasteiger partial charge in [-0.1, -0.05) is 0 Å². The lowest BCUT2D eigenvalue weighted by Gasteiger charge is -2.28. The van der Waals surface area contributed by atoms with Crippen LogP contribution in [0.2, 0.25) is 0 Å². The molecule has 1 fully saturated rings. The summed E-state index contributed by atoms with van der Waals surface area (Å²) in [6.45, 7) is 1.76. The smallest absolute Gasteiger partial charge is 0.306 e. The molecule has 0 aliphatic carbocycles. The minimum Gasteiger partial charge on any atom is -0.306 e. The van der Waals surface area contributed by atoms with Gasteiger partial charge in [0.05, 0.1) is 28.2 Å². The van der Waals surface area contributed by atoms with Crippen molar-refractivity contribution < 1.29 is 22.4 Å². The number of aromatic nitrogens is 7. The average Bonchev–Trinajstić information content (AvgIpc) is 3.52. The van der Waals surface area contributed by atoms with Crippen LogP contribution in [0, 0.1) is 5.82 Å². The van der Waals surface area contributed by atoms with Crippen molar-refractivity contribution in [3.8, 4) is 5.82 Å². The van der Waals surface area contributed by atoms with Gasteiger partial charge in [-0.2, -0.15) is 13.2 Å². The Morgan fingerprint density at radius 2 is 1.85 bits per heavy atom. The van der Waals surface area contributed by atoms with Gasteiger partial charge in [0.25, 0.3) is 0 Å². The first-order chi connectivity index (χ1) is 18.7. The third-order valence-corrected chi connectivity index (χ3v) is 7.70. The van der Waals surface area contributed by atoms with E-state index in [0.717, 1.165) is 49.8 Å². The summed E-state index contributed by atoms with van der Waals surface area (Å²) < 4.78 is 57.8. The first kappa shape index (κ1) is 25.4. The first-order valence-corrected chi connectivity index (χ1v) is 12.8. The molecule has 0 bridgehead atoms. The molecule has 1 aliphatic heterocycles. The molecule has 14 heteroatoms. The maximum atomic E-state index is 14.3. The summed E-state index contributed by atoms with van der Waals surface area (Å²) in [5.41, 5.74) is -0.0767. The van der Waals surface area contributed by atoms with Gasteiger partial charge in [0.15, 0.2) is 12.1 Å². The van der Waals surface area contributed by atoms with Crippen LogP contribution >= 0.6 is 11.8 Å². The van der Waals surface area contributed by atoms with Crippen LogP contribution in [0.4, 0.5) is 17.6 Å². The monoisotopic (exact) mass is 556 g/mol. The molecule has 39 heavy (non-hydrogen) atoms. The van der Waals surface area contributed by atoms with Gasteiger partial charge in [0, 0.05) is 17.1 Å². The lowest BCUT2D eigenvalue weighted by molar-refractivity contribution is -0.137. The number of hydrogen-bond donors (Lipinski definition) is 0. The predicted molar refractivity (Wildman–Crippen MR) is 134 cm³/mol. The summed E-state index contributed by atoms with van der Waals surface area (Å²) in [6.07, 6.45) is -0.801. The third kappa shape index (κ3) is 4.74. The van der Waals surface area contributed by atoms with Crippen LogP contribution in [0.25, 0.3) is 27.8 Å². The molecule has 0 atom stereocenters. The van der Waals surface area contributed by atoms with Crippen LogP contribution in [-0.4, -0.2) is 66.1 Å². The molecule has 0 unspecified atom stereocenters. The number of alkyl halides is 3. The molecule has 200 valence electrons. The number of aldehydes is 1. The summed E-state index contributed by atoms with van der Waals surface area (Å²) in [6, 6.07) is 7.10. The van der Waals surface area contributed by atoms with Crippen molar-refractivity contribution in [3.05, 3.63) is 59.5 Å². The number of rotatable bonds is 5. The SMILES string of the molecule is CN1CCC(n2nnnc2Sc2nc3ccc(C(F)(F)F)cc3nc2-n2cc(C=O)c3ccc(F)cc32)CC1. The zero-order valence-corrected chi connectivity index (χ0v) is 21.2. The normalized spacial score (nSPS) is 15.4. The van der Waals surface area contributed by atoms with E-state index < -0.39 is 17.6 Å². The highest BCUT2D eigenvalue weighted by atomic mass is 32.2. The van der Waals surface area contributed by atoms with Gasteiger partial charge >= 0.3 is 6.18 Å². The number of benzene rings is 2. The molecule has 9 nitrogen and oxygen atoms in total. The molecule has 0 radical (unpaired) electrons. The Balaban J connectivity index is 1.53. The van der Waals surface area contributed by atoms with Crippen molar-refractivity contribution in [2.75, 3.05) is 20.1 Å². The summed E-state index contributed by atoms with van der Waals surface area (Å²) in [7, 11) is 2.05. The lowest BCUT2D eigenvalue weighted by atomic mass is 10.1. The van der Waals surface area contributed by atoms with E-state index in [1.807, 2.05) is 7.05 Å². The molecular formula is C25H20F4N8OS. The molecule has 0 N–H and O–H groups in total. The second kappa shape index (κ2) is 9.68. The van der Waals surface area contributed by atoms with E-state index in [0.29, 0.717) is 22.3 Å². The Hall–Kier alpha value is -3.91. The van der Waals surface area contributed by atoms with Crippen molar-refractivity contribution in [1.29, 1.82) is 0 Å².